The second-order valence-electron chi connectivity index (χ2n) is 6.52. The fraction of sp³-hybridized carbons (Fsp3) is 0.450. The molecule has 27 heavy (non-hydrogen) atoms. The zero-order valence-electron chi connectivity index (χ0n) is 15.2. The number of furan rings is 1. The number of ether oxygens (including phenoxy) is 1. The fourth-order valence-electron chi connectivity index (χ4n) is 3.18. The molecule has 4 rings (SSSR count). The van der Waals surface area contributed by atoms with Crippen LogP contribution in [0, 0.1) is 11.8 Å². The summed E-state index contributed by atoms with van der Waals surface area (Å²) >= 11 is 6.42. The maximum absolute atomic E-state index is 6.42. The van der Waals surface area contributed by atoms with Crippen LogP contribution in [0.15, 0.2) is 22.8 Å². The van der Waals surface area contributed by atoms with Gasteiger partial charge in [0.15, 0.2) is 22.4 Å². The van der Waals surface area contributed by atoms with Gasteiger partial charge in [0.25, 0.3) is 0 Å². The molecule has 6 nitrogen and oxygen atoms in total. The Morgan fingerprint density at radius 2 is 2.22 bits per heavy atom. The summed E-state index contributed by atoms with van der Waals surface area (Å²) in [5.41, 5.74) is 1.17. The smallest absolute Gasteiger partial charge is 0.208 e. The molecule has 0 amide bonds. The van der Waals surface area contributed by atoms with Gasteiger partial charge in [-0.25, -0.2) is 15.0 Å². The molecule has 1 saturated heterocycles. The van der Waals surface area contributed by atoms with Crippen LogP contribution in [0.5, 0.6) is 0 Å². The van der Waals surface area contributed by atoms with E-state index in [1.54, 1.807) is 6.26 Å². The van der Waals surface area contributed by atoms with Gasteiger partial charge in [-0.1, -0.05) is 30.9 Å². The second-order valence-corrected chi connectivity index (χ2v) is 6.88. The van der Waals surface area contributed by atoms with E-state index in [4.69, 9.17) is 20.8 Å². The van der Waals surface area contributed by atoms with Crippen LogP contribution >= 0.6 is 11.6 Å². The van der Waals surface area contributed by atoms with E-state index in [1.807, 2.05) is 16.7 Å². The lowest BCUT2D eigenvalue weighted by Crippen LogP contribution is -2.19. The maximum atomic E-state index is 6.42. The highest BCUT2D eigenvalue weighted by atomic mass is 35.5. The molecule has 1 unspecified atom stereocenters. The van der Waals surface area contributed by atoms with Crippen molar-refractivity contribution in [1.29, 1.82) is 0 Å². The van der Waals surface area contributed by atoms with Crippen molar-refractivity contribution in [3.63, 3.8) is 0 Å². The Morgan fingerprint density at radius 1 is 1.30 bits per heavy atom. The van der Waals surface area contributed by atoms with Crippen molar-refractivity contribution in [1.82, 2.24) is 19.5 Å². The molecule has 1 aliphatic heterocycles. The summed E-state index contributed by atoms with van der Waals surface area (Å²) < 4.78 is 13.6. The van der Waals surface area contributed by atoms with E-state index in [0.29, 0.717) is 40.3 Å². The quantitative estimate of drug-likeness (QED) is 0.360. The average Bonchev–Trinajstić information content (AvgIpc) is 3.34. The first-order valence-electron chi connectivity index (χ1n) is 9.37. The van der Waals surface area contributed by atoms with Crippen molar-refractivity contribution in [2.45, 2.75) is 51.7 Å². The van der Waals surface area contributed by atoms with Crippen LogP contribution in [-0.2, 0) is 4.74 Å². The van der Waals surface area contributed by atoms with Crippen molar-refractivity contribution in [2.24, 2.45) is 0 Å². The molecular weight excluding hydrogens is 364 g/mol. The number of hydrogen-bond acceptors (Lipinski definition) is 5. The molecule has 3 aromatic rings. The van der Waals surface area contributed by atoms with Crippen molar-refractivity contribution in [2.75, 3.05) is 6.61 Å². The Hall–Kier alpha value is -2.36. The number of hydrogen-bond donors (Lipinski definition) is 0. The second kappa shape index (κ2) is 8.12. The van der Waals surface area contributed by atoms with E-state index >= 15 is 0 Å². The molecule has 0 aliphatic carbocycles. The summed E-state index contributed by atoms with van der Waals surface area (Å²) in [7, 11) is 0. The number of rotatable bonds is 4. The summed E-state index contributed by atoms with van der Waals surface area (Å²) in [5.74, 6) is 7.84. The Bertz CT molecular complexity index is 979. The molecule has 0 N–H and O–H groups in total. The molecule has 140 valence electrons. The molecular formula is C20H21ClN4O2. The Balaban J connectivity index is 1.84. The number of fused-ring (bicyclic) bond motifs is 1. The average molecular weight is 385 g/mol. The van der Waals surface area contributed by atoms with Gasteiger partial charge in [0.2, 0.25) is 5.82 Å². The van der Waals surface area contributed by atoms with Crippen LogP contribution in [0.1, 0.15) is 57.5 Å². The van der Waals surface area contributed by atoms with Crippen LogP contribution in [-0.4, -0.2) is 26.1 Å². The van der Waals surface area contributed by atoms with Crippen LogP contribution in [0.3, 0.4) is 0 Å². The van der Waals surface area contributed by atoms with E-state index in [-0.39, 0.29) is 6.23 Å². The fourth-order valence-corrected chi connectivity index (χ4v) is 3.39. The number of nitrogens with zero attached hydrogens (tertiary/aromatic N) is 4. The van der Waals surface area contributed by atoms with Gasteiger partial charge < -0.3 is 9.15 Å². The minimum absolute atomic E-state index is 0.157. The minimum atomic E-state index is -0.157. The van der Waals surface area contributed by atoms with Gasteiger partial charge in [-0.05, 0) is 43.7 Å². The van der Waals surface area contributed by atoms with Crippen LogP contribution in [0.2, 0.25) is 5.15 Å². The van der Waals surface area contributed by atoms with Gasteiger partial charge in [0, 0.05) is 13.0 Å². The topological polar surface area (TPSA) is 66.0 Å². The molecule has 1 fully saturated rings. The predicted molar refractivity (Wildman–Crippen MR) is 103 cm³/mol. The van der Waals surface area contributed by atoms with E-state index in [9.17, 15) is 0 Å². The first-order valence-corrected chi connectivity index (χ1v) is 9.75. The molecule has 0 saturated carbocycles. The molecule has 1 aliphatic rings. The molecule has 4 heterocycles. The summed E-state index contributed by atoms with van der Waals surface area (Å²) in [6.07, 6.45) is 7.48. The van der Waals surface area contributed by atoms with Gasteiger partial charge >= 0.3 is 0 Å². The van der Waals surface area contributed by atoms with Crippen molar-refractivity contribution >= 4 is 22.8 Å². The summed E-state index contributed by atoms with van der Waals surface area (Å²) in [6.45, 7) is 2.85. The zero-order chi connectivity index (χ0) is 18.6. The Labute approximate surface area is 162 Å². The summed E-state index contributed by atoms with van der Waals surface area (Å²) in [6, 6.07) is 3.70. The third kappa shape index (κ3) is 3.71. The van der Waals surface area contributed by atoms with Crippen LogP contribution < -0.4 is 0 Å². The van der Waals surface area contributed by atoms with E-state index in [2.05, 4.69) is 33.7 Å². The zero-order valence-corrected chi connectivity index (χ0v) is 16.0. The number of unbranched alkanes of at least 4 members (excludes halogenated alkanes) is 2. The summed E-state index contributed by atoms with van der Waals surface area (Å²) in [4.78, 5) is 13.6. The van der Waals surface area contributed by atoms with E-state index < -0.39 is 0 Å². The normalized spacial score (nSPS) is 17.0. The lowest BCUT2D eigenvalue weighted by atomic mass is 10.2. The van der Waals surface area contributed by atoms with E-state index in [1.165, 1.54) is 0 Å². The number of imidazole rings is 1. The molecule has 0 spiro atoms. The third-order valence-corrected chi connectivity index (χ3v) is 4.80. The Kier molecular flexibility index (Phi) is 5.42. The number of halogens is 1. The standard InChI is InChI=1S/C20H21ClN4O2/c1-2-3-4-5-10-15-22-18(21)17-20(23-15)25(16-11-6-7-12-27-16)19(24-17)14-9-8-13-26-14/h8-9,13,16H,2-4,6-7,11-12H2,1H3. The first-order chi connectivity index (χ1) is 13.3. The van der Waals surface area contributed by atoms with Gasteiger partial charge in [0.05, 0.1) is 6.26 Å². The highest BCUT2D eigenvalue weighted by Crippen LogP contribution is 2.34. The highest BCUT2D eigenvalue weighted by molar-refractivity contribution is 6.33. The van der Waals surface area contributed by atoms with Crippen molar-refractivity contribution in [3.05, 3.63) is 29.4 Å². The predicted octanol–water partition coefficient (Wildman–Crippen LogP) is 4.98. The van der Waals surface area contributed by atoms with Crippen LogP contribution in [0.4, 0.5) is 0 Å². The molecule has 0 bridgehead atoms. The van der Waals surface area contributed by atoms with Gasteiger partial charge in [-0.3, -0.25) is 4.57 Å². The minimum Gasteiger partial charge on any atom is -0.461 e. The molecule has 0 aromatic carbocycles. The van der Waals surface area contributed by atoms with E-state index in [0.717, 1.165) is 38.5 Å². The van der Waals surface area contributed by atoms with Crippen LogP contribution in [0.25, 0.3) is 22.7 Å². The number of aromatic nitrogens is 4. The summed E-state index contributed by atoms with van der Waals surface area (Å²) in [5, 5.41) is 0.294. The lowest BCUT2D eigenvalue weighted by molar-refractivity contribution is -0.0289. The van der Waals surface area contributed by atoms with Gasteiger partial charge in [-0.2, -0.15) is 0 Å². The monoisotopic (exact) mass is 384 g/mol. The lowest BCUT2D eigenvalue weighted by Gasteiger charge is -2.25. The molecule has 7 heteroatoms. The SMILES string of the molecule is CCCCC#Cc1nc(Cl)c2nc(-c3ccco3)n(C3CCCCO3)c2n1. The third-order valence-electron chi connectivity index (χ3n) is 4.54. The van der Waals surface area contributed by atoms with Crippen molar-refractivity contribution in [3.8, 4) is 23.4 Å². The first kappa shape index (κ1) is 18.0. The molecule has 3 aromatic heterocycles. The maximum Gasteiger partial charge on any atom is 0.208 e. The largest absolute Gasteiger partial charge is 0.461 e. The van der Waals surface area contributed by atoms with Gasteiger partial charge in [0.1, 0.15) is 11.7 Å². The highest BCUT2D eigenvalue weighted by Gasteiger charge is 2.26. The Morgan fingerprint density at radius 3 is 2.96 bits per heavy atom. The molecule has 0 radical (unpaired) electrons. The van der Waals surface area contributed by atoms with Gasteiger partial charge in [-0.15, -0.1) is 0 Å². The van der Waals surface area contributed by atoms with Crippen molar-refractivity contribution < 1.29 is 9.15 Å². The molecule has 1 atom stereocenters.